The lowest BCUT2D eigenvalue weighted by atomic mass is 9.83. The molecule has 0 aromatic carbocycles. The van der Waals surface area contributed by atoms with E-state index in [1.807, 2.05) is 0 Å². The Balaban J connectivity index is 2.18. The van der Waals surface area contributed by atoms with Crippen molar-refractivity contribution in [1.82, 2.24) is 4.90 Å². The van der Waals surface area contributed by atoms with Gasteiger partial charge < -0.3 is 4.90 Å². The van der Waals surface area contributed by atoms with Gasteiger partial charge in [-0.3, -0.25) is 0 Å². The summed E-state index contributed by atoms with van der Waals surface area (Å²) in [6.45, 7) is 11.0. The van der Waals surface area contributed by atoms with Crippen LogP contribution in [0, 0.1) is 5.41 Å². The molecule has 0 unspecified atom stereocenters. The van der Waals surface area contributed by atoms with Gasteiger partial charge in [0, 0.05) is 0 Å². The summed E-state index contributed by atoms with van der Waals surface area (Å²) in [6, 6.07) is 0. The Kier molecular flexibility index (Phi) is 3.57. The molecule has 1 heteroatoms. The molecule has 0 aromatic heterocycles. The van der Waals surface area contributed by atoms with Crippen molar-refractivity contribution in [3.63, 3.8) is 0 Å². The molecule has 1 nitrogen and oxygen atoms in total. The molecule has 0 N–H and O–H groups in total. The van der Waals surface area contributed by atoms with Crippen molar-refractivity contribution in [3.8, 4) is 0 Å². The van der Waals surface area contributed by atoms with Gasteiger partial charge in [0.05, 0.1) is 0 Å². The summed E-state index contributed by atoms with van der Waals surface area (Å²) in [5.74, 6) is 0. The first kappa shape index (κ1) is 10.0. The second-order valence-electron chi connectivity index (χ2n) is 4.86. The monoisotopic (exact) mass is 169 g/mol. The molecular weight excluding hydrogens is 146 g/mol. The van der Waals surface area contributed by atoms with Gasteiger partial charge in [-0.15, -0.1) is 0 Å². The van der Waals surface area contributed by atoms with Crippen LogP contribution in [0.2, 0.25) is 0 Å². The van der Waals surface area contributed by atoms with Gasteiger partial charge in [-0.2, -0.15) is 0 Å². The molecule has 0 saturated carbocycles. The summed E-state index contributed by atoms with van der Waals surface area (Å²) < 4.78 is 0. The minimum absolute atomic E-state index is 0.614. The lowest BCUT2D eigenvalue weighted by Crippen LogP contribution is -2.37. The van der Waals surface area contributed by atoms with E-state index in [0.29, 0.717) is 5.41 Å². The lowest BCUT2D eigenvalue weighted by Gasteiger charge is -2.36. The Morgan fingerprint density at radius 2 is 1.75 bits per heavy atom. The lowest BCUT2D eigenvalue weighted by molar-refractivity contribution is 0.131. The van der Waals surface area contributed by atoms with E-state index in [0.717, 1.165) is 0 Å². The largest absolute Gasteiger partial charge is 0.303 e. The van der Waals surface area contributed by atoms with Gasteiger partial charge in [-0.1, -0.05) is 27.2 Å². The second kappa shape index (κ2) is 4.27. The Hall–Kier alpha value is -0.0400. The SMILES string of the molecule is CCCCN1CCC(C)(C)CC1. The quantitative estimate of drug-likeness (QED) is 0.628. The minimum atomic E-state index is 0.614. The van der Waals surface area contributed by atoms with Crippen LogP contribution in [-0.2, 0) is 0 Å². The zero-order chi connectivity index (χ0) is 9.03. The smallest absolute Gasteiger partial charge is 0.00136 e. The van der Waals surface area contributed by atoms with Crippen LogP contribution in [0.5, 0.6) is 0 Å². The highest BCUT2D eigenvalue weighted by Gasteiger charge is 2.24. The molecule has 1 fully saturated rings. The summed E-state index contributed by atoms with van der Waals surface area (Å²) in [5.41, 5.74) is 0.614. The first-order chi connectivity index (χ1) is 5.64. The van der Waals surface area contributed by atoms with Gasteiger partial charge in [-0.25, -0.2) is 0 Å². The Morgan fingerprint density at radius 1 is 1.17 bits per heavy atom. The fourth-order valence-corrected chi connectivity index (χ4v) is 1.76. The van der Waals surface area contributed by atoms with Gasteiger partial charge >= 0.3 is 0 Å². The summed E-state index contributed by atoms with van der Waals surface area (Å²) in [7, 11) is 0. The molecule has 12 heavy (non-hydrogen) atoms. The number of rotatable bonds is 3. The van der Waals surface area contributed by atoms with Crippen LogP contribution in [0.25, 0.3) is 0 Å². The molecule has 0 radical (unpaired) electrons. The van der Waals surface area contributed by atoms with Gasteiger partial charge in [0.15, 0.2) is 0 Å². The normalized spacial score (nSPS) is 24.2. The predicted octanol–water partition coefficient (Wildman–Crippen LogP) is 2.91. The van der Waals surface area contributed by atoms with E-state index in [1.165, 1.54) is 45.3 Å². The van der Waals surface area contributed by atoms with Gasteiger partial charge in [0.2, 0.25) is 0 Å². The highest BCUT2D eigenvalue weighted by Crippen LogP contribution is 2.29. The molecule has 72 valence electrons. The highest BCUT2D eigenvalue weighted by atomic mass is 15.1. The van der Waals surface area contributed by atoms with Crippen molar-refractivity contribution in [2.75, 3.05) is 19.6 Å². The van der Waals surface area contributed by atoms with Crippen molar-refractivity contribution in [1.29, 1.82) is 0 Å². The fourth-order valence-electron chi connectivity index (χ4n) is 1.76. The van der Waals surface area contributed by atoms with Crippen molar-refractivity contribution in [3.05, 3.63) is 0 Å². The highest BCUT2D eigenvalue weighted by molar-refractivity contribution is 4.78. The number of likely N-dealkylation sites (tertiary alicyclic amines) is 1. The molecule has 0 aliphatic carbocycles. The summed E-state index contributed by atoms with van der Waals surface area (Å²) in [6.07, 6.45) is 5.48. The third-order valence-electron chi connectivity index (χ3n) is 3.04. The molecule has 0 spiro atoms. The third-order valence-corrected chi connectivity index (χ3v) is 3.04. The van der Waals surface area contributed by atoms with E-state index in [1.54, 1.807) is 0 Å². The Bertz CT molecular complexity index is 119. The van der Waals surface area contributed by atoms with Crippen LogP contribution in [0.4, 0.5) is 0 Å². The van der Waals surface area contributed by atoms with Crippen LogP contribution in [-0.4, -0.2) is 24.5 Å². The topological polar surface area (TPSA) is 3.24 Å². The maximum absolute atomic E-state index is 2.62. The molecule has 1 heterocycles. The zero-order valence-corrected chi connectivity index (χ0v) is 8.90. The molecule has 1 aliphatic rings. The van der Waals surface area contributed by atoms with Crippen LogP contribution >= 0.6 is 0 Å². The van der Waals surface area contributed by atoms with Crippen LogP contribution in [0.1, 0.15) is 46.5 Å². The molecule has 0 aromatic rings. The van der Waals surface area contributed by atoms with E-state index in [-0.39, 0.29) is 0 Å². The van der Waals surface area contributed by atoms with Crippen molar-refractivity contribution in [2.45, 2.75) is 46.5 Å². The third kappa shape index (κ3) is 3.14. The van der Waals surface area contributed by atoms with Crippen molar-refractivity contribution >= 4 is 0 Å². The maximum atomic E-state index is 2.62. The van der Waals surface area contributed by atoms with Gasteiger partial charge in [0.25, 0.3) is 0 Å². The standard InChI is InChI=1S/C11H23N/c1-4-5-8-12-9-6-11(2,3)7-10-12/h4-10H2,1-3H3. The zero-order valence-electron chi connectivity index (χ0n) is 8.90. The molecule has 0 bridgehead atoms. The molecule has 1 saturated heterocycles. The number of unbranched alkanes of at least 4 members (excludes halogenated alkanes) is 1. The molecular formula is C11H23N. The Labute approximate surface area is 77.1 Å². The van der Waals surface area contributed by atoms with E-state index in [9.17, 15) is 0 Å². The molecule has 0 amide bonds. The average Bonchev–Trinajstić information content (AvgIpc) is 2.03. The second-order valence-corrected chi connectivity index (χ2v) is 4.86. The summed E-state index contributed by atoms with van der Waals surface area (Å²) >= 11 is 0. The van der Waals surface area contributed by atoms with Crippen LogP contribution in [0.3, 0.4) is 0 Å². The van der Waals surface area contributed by atoms with Crippen LogP contribution in [0.15, 0.2) is 0 Å². The fraction of sp³-hybridized carbons (Fsp3) is 1.00. The Morgan fingerprint density at radius 3 is 2.25 bits per heavy atom. The first-order valence-corrected chi connectivity index (χ1v) is 5.36. The molecule has 1 rings (SSSR count). The summed E-state index contributed by atoms with van der Waals surface area (Å²) in [5, 5.41) is 0. The van der Waals surface area contributed by atoms with Gasteiger partial charge in [0.1, 0.15) is 0 Å². The number of hydrogen-bond donors (Lipinski definition) is 0. The van der Waals surface area contributed by atoms with E-state index in [4.69, 9.17) is 0 Å². The predicted molar refractivity (Wildman–Crippen MR) is 54.4 cm³/mol. The van der Waals surface area contributed by atoms with Crippen LogP contribution < -0.4 is 0 Å². The number of nitrogens with zero attached hydrogens (tertiary/aromatic N) is 1. The number of hydrogen-bond acceptors (Lipinski definition) is 1. The number of piperidine rings is 1. The van der Waals surface area contributed by atoms with E-state index in [2.05, 4.69) is 25.7 Å². The average molecular weight is 169 g/mol. The van der Waals surface area contributed by atoms with Gasteiger partial charge in [-0.05, 0) is 44.3 Å². The van der Waals surface area contributed by atoms with Crippen molar-refractivity contribution < 1.29 is 0 Å². The minimum Gasteiger partial charge on any atom is -0.303 e. The van der Waals surface area contributed by atoms with E-state index >= 15 is 0 Å². The first-order valence-electron chi connectivity index (χ1n) is 5.36. The molecule has 1 aliphatic heterocycles. The van der Waals surface area contributed by atoms with E-state index < -0.39 is 0 Å². The maximum Gasteiger partial charge on any atom is -0.00136 e. The summed E-state index contributed by atoms with van der Waals surface area (Å²) in [4.78, 5) is 2.62. The molecule has 0 atom stereocenters. The van der Waals surface area contributed by atoms with Crippen molar-refractivity contribution in [2.24, 2.45) is 5.41 Å².